The van der Waals surface area contributed by atoms with Crippen molar-refractivity contribution in [3.05, 3.63) is 51.5 Å². The average molecular weight is 399 g/mol. The molecule has 4 nitrogen and oxygen atoms in total. The Morgan fingerprint density at radius 2 is 1.78 bits per heavy atom. The molecule has 0 unspecified atom stereocenters. The van der Waals surface area contributed by atoms with Crippen LogP contribution in [0.4, 0.5) is 5.69 Å². The highest BCUT2D eigenvalue weighted by Crippen LogP contribution is 2.29. The lowest BCUT2D eigenvalue weighted by Crippen LogP contribution is -2.12. The van der Waals surface area contributed by atoms with Gasteiger partial charge in [-0.25, -0.2) is 0 Å². The maximum Gasteiger partial charge on any atom is 0.255 e. The minimum Gasteiger partial charge on any atom is -0.490 e. The van der Waals surface area contributed by atoms with E-state index in [0.29, 0.717) is 41.0 Å². The van der Waals surface area contributed by atoms with Crippen LogP contribution < -0.4 is 14.8 Å². The predicted molar refractivity (Wildman–Crippen MR) is 95.9 cm³/mol. The number of benzene rings is 2. The van der Waals surface area contributed by atoms with Crippen LogP contribution in [-0.2, 0) is 0 Å². The molecule has 1 N–H and O–H groups in total. The largest absolute Gasteiger partial charge is 0.490 e. The van der Waals surface area contributed by atoms with Crippen molar-refractivity contribution < 1.29 is 14.3 Å². The van der Waals surface area contributed by atoms with Crippen LogP contribution in [0.2, 0.25) is 5.02 Å². The molecule has 0 aliphatic carbocycles. The van der Waals surface area contributed by atoms with E-state index in [1.807, 2.05) is 13.8 Å². The van der Waals surface area contributed by atoms with Crippen molar-refractivity contribution in [1.29, 1.82) is 0 Å². The number of halogens is 2. The minimum absolute atomic E-state index is 0.243. The van der Waals surface area contributed by atoms with E-state index in [1.54, 1.807) is 36.4 Å². The summed E-state index contributed by atoms with van der Waals surface area (Å²) < 4.78 is 11.8. The molecule has 122 valence electrons. The zero-order chi connectivity index (χ0) is 16.8. The Labute approximate surface area is 148 Å². The highest BCUT2D eigenvalue weighted by atomic mass is 79.9. The molecule has 23 heavy (non-hydrogen) atoms. The summed E-state index contributed by atoms with van der Waals surface area (Å²) >= 11 is 9.35. The third-order valence-electron chi connectivity index (χ3n) is 2.98. The molecule has 0 aromatic heterocycles. The van der Waals surface area contributed by atoms with Crippen LogP contribution >= 0.6 is 27.5 Å². The molecular formula is C17H17BrClNO3. The second-order valence-electron chi connectivity index (χ2n) is 4.61. The van der Waals surface area contributed by atoms with E-state index in [4.69, 9.17) is 21.1 Å². The van der Waals surface area contributed by atoms with Crippen molar-refractivity contribution in [2.75, 3.05) is 18.5 Å². The first kappa shape index (κ1) is 17.6. The molecule has 0 saturated heterocycles. The lowest BCUT2D eigenvalue weighted by molar-refractivity contribution is 0.102. The number of rotatable bonds is 6. The van der Waals surface area contributed by atoms with Crippen molar-refractivity contribution in [1.82, 2.24) is 0 Å². The molecule has 0 spiro atoms. The van der Waals surface area contributed by atoms with Crippen LogP contribution in [0.3, 0.4) is 0 Å². The lowest BCUT2D eigenvalue weighted by atomic mass is 10.2. The van der Waals surface area contributed by atoms with Gasteiger partial charge in [0.05, 0.1) is 18.2 Å². The van der Waals surface area contributed by atoms with Crippen molar-refractivity contribution >= 4 is 39.1 Å². The smallest absolute Gasteiger partial charge is 0.255 e. The minimum atomic E-state index is -0.243. The molecule has 0 radical (unpaired) electrons. The van der Waals surface area contributed by atoms with Crippen molar-refractivity contribution in [2.45, 2.75) is 13.8 Å². The van der Waals surface area contributed by atoms with E-state index in [2.05, 4.69) is 21.2 Å². The van der Waals surface area contributed by atoms with Gasteiger partial charge in [0.25, 0.3) is 5.91 Å². The Balaban J connectivity index is 2.21. The van der Waals surface area contributed by atoms with Gasteiger partial charge in [0, 0.05) is 15.7 Å². The Kier molecular flexibility index (Phi) is 6.30. The van der Waals surface area contributed by atoms with Gasteiger partial charge in [0.15, 0.2) is 11.5 Å². The Morgan fingerprint density at radius 3 is 2.43 bits per heavy atom. The van der Waals surface area contributed by atoms with Gasteiger partial charge in [-0.2, -0.15) is 0 Å². The first-order valence-corrected chi connectivity index (χ1v) is 8.38. The van der Waals surface area contributed by atoms with Gasteiger partial charge in [-0.3, -0.25) is 4.79 Å². The van der Waals surface area contributed by atoms with Crippen LogP contribution in [0.25, 0.3) is 0 Å². The van der Waals surface area contributed by atoms with Gasteiger partial charge in [0.1, 0.15) is 0 Å². The topological polar surface area (TPSA) is 47.6 Å². The van der Waals surface area contributed by atoms with Gasteiger partial charge >= 0.3 is 0 Å². The normalized spacial score (nSPS) is 10.3. The summed E-state index contributed by atoms with van der Waals surface area (Å²) in [6, 6.07) is 10.3. The number of hydrogen-bond donors (Lipinski definition) is 1. The number of nitrogens with one attached hydrogen (secondary N) is 1. The van der Waals surface area contributed by atoms with Crippen LogP contribution in [0.15, 0.2) is 40.9 Å². The quantitative estimate of drug-likeness (QED) is 0.732. The zero-order valence-corrected chi connectivity index (χ0v) is 15.2. The maximum absolute atomic E-state index is 12.4. The fourth-order valence-corrected chi connectivity index (χ4v) is 2.40. The molecule has 0 fully saturated rings. The summed E-state index contributed by atoms with van der Waals surface area (Å²) in [7, 11) is 0. The third-order valence-corrected chi connectivity index (χ3v) is 4.22. The van der Waals surface area contributed by atoms with Crippen molar-refractivity contribution in [3.8, 4) is 11.5 Å². The van der Waals surface area contributed by atoms with Crippen molar-refractivity contribution in [2.24, 2.45) is 0 Å². The maximum atomic E-state index is 12.4. The fraction of sp³-hybridized carbons (Fsp3) is 0.235. The first-order valence-electron chi connectivity index (χ1n) is 7.21. The molecule has 0 aliphatic rings. The first-order chi connectivity index (χ1) is 11.0. The van der Waals surface area contributed by atoms with Gasteiger partial charge in [0.2, 0.25) is 0 Å². The zero-order valence-electron chi connectivity index (χ0n) is 12.9. The van der Waals surface area contributed by atoms with E-state index in [-0.39, 0.29) is 5.91 Å². The van der Waals surface area contributed by atoms with E-state index in [1.165, 1.54) is 0 Å². The Bertz CT molecular complexity index is 706. The number of amides is 1. The molecule has 2 aromatic carbocycles. The average Bonchev–Trinajstić information content (AvgIpc) is 2.53. The molecule has 0 saturated carbocycles. The van der Waals surface area contributed by atoms with E-state index >= 15 is 0 Å². The summed E-state index contributed by atoms with van der Waals surface area (Å²) in [6.07, 6.45) is 0. The van der Waals surface area contributed by atoms with Gasteiger partial charge in [-0.05, 0) is 66.2 Å². The van der Waals surface area contributed by atoms with Gasteiger partial charge in [-0.15, -0.1) is 0 Å². The lowest BCUT2D eigenvalue weighted by Gasteiger charge is -2.12. The Morgan fingerprint density at radius 1 is 1.09 bits per heavy atom. The monoisotopic (exact) mass is 397 g/mol. The Hall–Kier alpha value is -1.72. The molecule has 2 aromatic rings. The van der Waals surface area contributed by atoms with Crippen LogP contribution in [0, 0.1) is 0 Å². The van der Waals surface area contributed by atoms with Crippen LogP contribution in [0.5, 0.6) is 11.5 Å². The molecule has 6 heteroatoms. The van der Waals surface area contributed by atoms with Gasteiger partial charge < -0.3 is 14.8 Å². The number of anilines is 1. The third kappa shape index (κ3) is 4.62. The summed E-state index contributed by atoms with van der Waals surface area (Å²) in [5, 5.41) is 3.34. The van der Waals surface area contributed by atoms with E-state index in [0.717, 1.165) is 4.47 Å². The highest BCUT2D eigenvalue weighted by molar-refractivity contribution is 9.10. The SMILES string of the molecule is CCOc1ccc(C(=O)Nc2ccc(Br)c(Cl)c2)cc1OCC. The van der Waals surface area contributed by atoms with Crippen LogP contribution in [-0.4, -0.2) is 19.1 Å². The number of carbonyl (C=O) groups excluding carboxylic acids is 1. The summed E-state index contributed by atoms with van der Waals surface area (Å²) in [4.78, 5) is 12.4. The van der Waals surface area contributed by atoms with E-state index in [9.17, 15) is 4.79 Å². The standard InChI is InChI=1S/C17H17BrClNO3/c1-3-22-15-8-5-11(9-16(15)23-4-2)17(21)20-12-6-7-13(18)14(19)10-12/h5-10H,3-4H2,1-2H3,(H,20,21). The number of carbonyl (C=O) groups is 1. The number of hydrogen-bond acceptors (Lipinski definition) is 3. The predicted octanol–water partition coefficient (Wildman–Crippen LogP) is 5.15. The molecule has 0 atom stereocenters. The summed E-state index contributed by atoms with van der Waals surface area (Å²) in [5.41, 5.74) is 1.10. The van der Waals surface area contributed by atoms with Gasteiger partial charge in [-0.1, -0.05) is 11.6 Å². The number of ether oxygens (including phenoxy) is 2. The molecule has 0 heterocycles. The fourth-order valence-electron chi connectivity index (χ4n) is 1.97. The molecule has 0 bridgehead atoms. The molecule has 2 rings (SSSR count). The second-order valence-corrected chi connectivity index (χ2v) is 5.87. The van der Waals surface area contributed by atoms with Crippen LogP contribution in [0.1, 0.15) is 24.2 Å². The molecular weight excluding hydrogens is 382 g/mol. The molecule has 1 amide bonds. The highest BCUT2D eigenvalue weighted by Gasteiger charge is 2.12. The summed E-state index contributed by atoms with van der Waals surface area (Å²) in [6.45, 7) is 4.80. The van der Waals surface area contributed by atoms with Crippen molar-refractivity contribution in [3.63, 3.8) is 0 Å². The molecule has 0 aliphatic heterocycles. The second kappa shape index (κ2) is 8.22. The van der Waals surface area contributed by atoms with E-state index < -0.39 is 0 Å². The summed E-state index contributed by atoms with van der Waals surface area (Å²) in [5.74, 6) is 0.931.